The molecular weight excluding hydrogens is 380 g/mol. The van der Waals surface area contributed by atoms with Crippen LogP contribution in [0.2, 0.25) is 0 Å². The van der Waals surface area contributed by atoms with Crippen molar-refractivity contribution < 1.29 is 23.9 Å². The lowest BCUT2D eigenvalue weighted by molar-refractivity contribution is -0.117. The zero-order valence-electron chi connectivity index (χ0n) is 16.7. The van der Waals surface area contributed by atoms with E-state index in [1.807, 2.05) is 0 Å². The lowest BCUT2D eigenvalue weighted by atomic mass is 9.99. The summed E-state index contributed by atoms with van der Waals surface area (Å²) in [6.45, 7) is 11.4. The van der Waals surface area contributed by atoms with Gasteiger partial charge in [0.05, 0.1) is 18.7 Å². The number of esters is 2. The predicted octanol–water partition coefficient (Wildman–Crippen LogP) is 3.25. The van der Waals surface area contributed by atoms with Crippen molar-refractivity contribution in [1.82, 2.24) is 4.90 Å². The number of likely N-dealkylation sites (tertiary alicyclic amines) is 1. The number of nitrogens with one attached hydrogen (secondary N) is 1. The summed E-state index contributed by atoms with van der Waals surface area (Å²) in [5.74, 6) is -0.661. The molecule has 1 fully saturated rings. The van der Waals surface area contributed by atoms with Gasteiger partial charge in [-0.1, -0.05) is 19.6 Å². The van der Waals surface area contributed by atoms with Gasteiger partial charge in [0.1, 0.15) is 16.5 Å². The Morgan fingerprint density at radius 1 is 1.25 bits per heavy atom. The third-order valence-corrected chi connectivity index (χ3v) is 5.83. The van der Waals surface area contributed by atoms with Crippen molar-refractivity contribution in [2.75, 3.05) is 38.2 Å². The normalized spacial score (nSPS) is 15.1. The van der Waals surface area contributed by atoms with E-state index >= 15 is 0 Å². The molecule has 28 heavy (non-hydrogen) atoms. The van der Waals surface area contributed by atoms with Gasteiger partial charge in [-0.15, -0.1) is 11.3 Å². The van der Waals surface area contributed by atoms with Gasteiger partial charge in [0.15, 0.2) is 0 Å². The van der Waals surface area contributed by atoms with Crippen LogP contribution in [0.4, 0.5) is 5.00 Å². The molecule has 1 aromatic rings. The predicted molar refractivity (Wildman–Crippen MR) is 109 cm³/mol. The first kappa shape index (κ1) is 22.1. The van der Waals surface area contributed by atoms with Crippen LogP contribution in [-0.2, 0) is 14.3 Å². The van der Waals surface area contributed by atoms with Gasteiger partial charge in [0, 0.05) is 0 Å². The SMILES string of the molecule is C=CCOC(=O)c1sc(NC(=O)CN2CCC(C)CC2)c(C(=O)OCC)c1C. The van der Waals surface area contributed by atoms with Crippen LogP contribution < -0.4 is 5.32 Å². The van der Waals surface area contributed by atoms with Gasteiger partial charge >= 0.3 is 11.9 Å². The van der Waals surface area contributed by atoms with Crippen LogP contribution in [0.3, 0.4) is 0 Å². The molecular formula is C20H28N2O5S. The Labute approximate surface area is 169 Å². The second-order valence-corrected chi connectivity index (χ2v) is 7.90. The minimum atomic E-state index is -0.568. The number of carbonyl (C=O) groups excluding carboxylic acids is 3. The number of nitrogens with zero attached hydrogens (tertiary/aromatic N) is 1. The molecule has 1 saturated heterocycles. The number of rotatable bonds is 8. The highest BCUT2D eigenvalue weighted by Gasteiger charge is 2.28. The van der Waals surface area contributed by atoms with Gasteiger partial charge in [-0.3, -0.25) is 9.69 Å². The van der Waals surface area contributed by atoms with Crippen molar-refractivity contribution in [2.24, 2.45) is 5.92 Å². The van der Waals surface area contributed by atoms with Crippen LogP contribution in [0.15, 0.2) is 12.7 Å². The monoisotopic (exact) mass is 408 g/mol. The van der Waals surface area contributed by atoms with Crippen molar-refractivity contribution in [3.8, 4) is 0 Å². The fraction of sp³-hybridized carbons (Fsp3) is 0.550. The van der Waals surface area contributed by atoms with Crippen LogP contribution in [0.5, 0.6) is 0 Å². The third-order valence-electron chi connectivity index (χ3n) is 4.64. The van der Waals surface area contributed by atoms with Crippen molar-refractivity contribution in [3.05, 3.63) is 28.7 Å². The van der Waals surface area contributed by atoms with E-state index in [4.69, 9.17) is 9.47 Å². The van der Waals surface area contributed by atoms with E-state index in [1.165, 1.54) is 6.08 Å². The maximum absolute atomic E-state index is 12.5. The molecule has 7 nitrogen and oxygen atoms in total. The number of thiophene rings is 1. The molecule has 2 rings (SSSR count). The van der Waals surface area contributed by atoms with Gasteiger partial charge in [-0.2, -0.15) is 0 Å². The highest BCUT2D eigenvalue weighted by atomic mass is 32.1. The first-order valence-corrected chi connectivity index (χ1v) is 10.3. The summed E-state index contributed by atoms with van der Waals surface area (Å²) >= 11 is 1.03. The van der Waals surface area contributed by atoms with Crippen molar-refractivity contribution in [2.45, 2.75) is 33.6 Å². The Balaban J connectivity index is 2.18. The van der Waals surface area contributed by atoms with Gasteiger partial charge in [-0.05, 0) is 51.3 Å². The molecule has 1 amide bonds. The van der Waals surface area contributed by atoms with Crippen LogP contribution in [0, 0.1) is 12.8 Å². The number of piperidine rings is 1. The summed E-state index contributed by atoms with van der Waals surface area (Å²) in [6.07, 6.45) is 3.60. The molecule has 0 saturated carbocycles. The Kier molecular flexibility index (Phi) is 8.19. The molecule has 8 heteroatoms. The molecule has 1 aliphatic heterocycles. The van der Waals surface area contributed by atoms with E-state index in [0.29, 0.717) is 16.5 Å². The van der Waals surface area contributed by atoms with Gasteiger partial charge in [-0.25, -0.2) is 9.59 Å². The van der Waals surface area contributed by atoms with Crippen molar-refractivity contribution in [1.29, 1.82) is 0 Å². The zero-order chi connectivity index (χ0) is 20.7. The zero-order valence-corrected chi connectivity index (χ0v) is 17.5. The summed E-state index contributed by atoms with van der Waals surface area (Å²) < 4.78 is 10.2. The van der Waals surface area contributed by atoms with Crippen molar-refractivity contribution >= 4 is 34.2 Å². The summed E-state index contributed by atoms with van der Waals surface area (Å²) in [4.78, 5) is 39.6. The molecule has 1 aliphatic rings. The molecule has 0 spiro atoms. The largest absolute Gasteiger partial charge is 0.462 e. The molecule has 0 unspecified atom stereocenters. The maximum Gasteiger partial charge on any atom is 0.348 e. The quantitative estimate of drug-likeness (QED) is 0.525. The minimum absolute atomic E-state index is 0.0694. The fourth-order valence-electron chi connectivity index (χ4n) is 3.03. The highest BCUT2D eigenvalue weighted by Crippen LogP contribution is 2.34. The lowest BCUT2D eigenvalue weighted by Crippen LogP contribution is -2.38. The summed E-state index contributed by atoms with van der Waals surface area (Å²) in [6, 6.07) is 0. The van der Waals surface area contributed by atoms with Crippen LogP contribution in [0.1, 0.15) is 52.3 Å². The third kappa shape index (κ3) is 5.65. The molecule has 1 aromatic heterocycles. The molecule has 1 N–H and O–H groups in total. The molecule has 0 radical (unpaired) electrons. The number of ether oxygens (including phenoxy) is 2. The van der Waals surface area contributed by atoms with E-state index in [-0.39, 0.29) is 36.1 Å². The minimum Gasteiger partial charge on any atom is -0.462 e. The Hall–Kier alpha value is -2.19. The average molecular weight is 409 g/mol. The average Bonchev–Trinajstić information content (AvgIpc) is 2.97. The van der Waals surface area contributed by atoms with Crippen LogP contribution in [-0.4, -0.2) is 55.6 Å². The second kappa shape index (κ2) is 10.4. The smallest absolute Gasteiger partial charge is 0.348 e. The topological polar surface area (TPSA) is 84.9 Å². The van der Waals surface area contributed by atoms with E-state index in [0.717, 1.165) is 37.3 Å². The van der Waals surface area contributed by atoms with Crippen LogP contribution >= 0.6 is 11.3 Å². The van der Waals surface area contributed by atoms with E-state index in [9.17, 15) is 14.4 Å². The number of carbonyl (C=O) groups is 3. The number of amides is 1. The second-order valence-electron chi connectivity index (χ2n) is 6.87. The Morgan fingerprint density at radius 3 is 2.54 bits per heavy atom. The van der Waals surface area contributed by atoms with E-state index in [1.54, 1.807) is 13.8 Å². The molecule has 0 atom stereocenters. The standard InChI is InChI=1S/C20H28N2O5S/c1-5-11-27-20(25)17-14(4)16(19(24)26-6-2)18(28-17)21-15(23)12-22-9-7-13(3)8-10-22/h5,13H,1,6-12H2,2-4H3,(H,21,23). The Bertz CT molecular complexity index is 735. The highest BCUT2D eigenvalue weighted by molar-refractivity contribution is 7.18. The summed E-state index contributed by atoms with van der Waals surface area (Å²) in [5.41, 5.74) is 0.651. The first-order chi connectivity index (χ1) is 13.4. The molecule has 0 bridgehead atoms. The van der Waals surface area contributed by atoms with E-state index < -0.39 is 11.9 Å². The molecule has 154 valence electrons. The molecule has 0 aliphatic carbocycles. The Morgan fingerprint density at radius 2 is 1.93 bits per heavy atom. The fourth-order valence-corrected chi connectivity index (χ4v) is 4.14. The number of hydrogen-bond acceptors (Lipinski definition) is 7. The first-order valence-electron chi connectivity index (χ1n) is 9.48. The summed E-state index contributed by atoms with van der Waals surface area (Å²) in [5, 5.41) is 3.11. The molecule has 0 aromatic carbocycles. The van der Waals surface area contributed by atoms with Crippen molar-refractivity contribution in [3.63, 3.8) is 0 Å². The van der Waals surface area contributed by atoms with Crippen LogP contribution in [0.25, 0.3) is 0 Å². The molecule has 2 heterocycles. The number of anilines is 1. The lowest BCUT2D eigenvalue weighted by Gasteiger charge is -2.29. The maximum atomic E-state index is 12.5. The van der Waals surface area contributed by atoms with Gasteiger partial charge in [0.25, 0.3) is 0 Å². The van der Waals surface area contributed by atoms with E-state index in [2.05, 4.69) is 23.7 Å². The number of hydrogen-bond donors (Lipinski definition) is 1. The summed E-state index contributed by atoms with van der Waals surface area (Å²) in [7, 11) is 0. The van der Waals surface area contributed by atoms with Gasteiger partial charge < -0.3 is 14.8 Å². The van der Waals surface area contributed by atoms with Gasteiger partial charge in [0.2, 0.25) is 5.91 Å².